The van der Waals surface area contributed by atoms with Crippen molar-refractivity contribution >= 4 is 0 Å². The van der Waals surface area contributed by atoms with Gasteiger partial charge in [-0.2, -0.15) is 5.26 Å². The van der Waals surface area contributed by atoms with Crippen LogP contribution in [0.5, 0.6) is 0 Å². The molecule has 96 valence electrons. The molecule has 2 nitrogen and oxygen atoms in total. The van der Waals surface area contributed by atoms with Crippen molar-refractivity contribution in [2.45, 2.75) is 25.3 Å². The maximum atomic E-state index is 13.6. The Hall–Kier alpha value is -1.54. The Kier molecular flexibility index (Phi) is 3.58. The van der Waals surface area contributed by atoms with Crippen LogP contribution in [0.1, 0.15) is 24.0 Å². The lowest BCUT2D eigenvalue weighted by atomic mass is 10.1. The van der Waals surface area contributed by atoms with Crippen LogP contribution in [-0.2, 0) is 6.54 Å². The largest absolute Gasteiger partial charge is 0.299 e. The van der Waals surface area contributed by atoms with Crippen molar-refractivity contribution < 1.29 is 13.2 Å². The zero-order valence-electron chi connectivity index (χ0n) is 9.80. The van der Waals surface area contributed by atoms with E-state index in [0.717, 1.165) is 0 Å². The Labute approximate surface area is 104 Å². The van der Waals surface area contributed by atoms with Gasteiger partial charge in [0.05, 0.1) is 11.6 Å². The Bertz CT molecular complexity index is 470. The minimum atomic E-state index is -2.58. The number of halogens is 3. The summed E-state index contributed by atoms with van der Waals surface area (Å²) in [6.07, 6.45) is -0.351. The van der Waals surface area contributed by atoms with Gasteiger partial charge in [0.2, 0.25) is 0 Å². The quantitative estimate of drug-likeness (QED) is 0.811. The lowest BCUT2D eigenvalue weighted by molar-refractivity contribution is -0.0567. The van der Waals surface area contributed by atoms with Crippen LogP contribution in [-0.4, -0.2) is 23.9 Å². The van der Waals surface area contributed by atoms with Crippen molar-refractivity contribution in [3.63, 3.8) is 0 Å². The first-order valence-electron chi connectivity index (χ1n) is 5.79. The average Bonchev–Trinajstić information content (AvgIpc) is 2.34. The standard InChI is InChI=1S/C13H13F3N2/c14-12-7-10(8-17)1-2-11(12)9-18-5-3-13(15,16)4-6-18/h1-2,7H,3-6,9H2. The highest BCUT2D eigenvalue weighted by Crippen LogP contribution is 2.28. The zero-order valence-corrected chi connectivity index (χ0v) is 9.80. The molecule has 0 N–H and O–H groups in total. The van der Waals surface area contributed by atoms with Gasteiger partial charge in [-0.3, -0.25) is 4.90 Å². The lowest BCUT2D eigenvalue weighted by Gasteiger charge is -2.31. The number of hydrogen-bond acceptors (Lipinski definition) is 2. The first-order valence-corrected chi connectivity index (χ1v) is 5.79. The summed E-state index contributed by atoms with van der Waals surface area (Å²) in [7, 11) is 0. The second kappa shape index (κ2) is 4.99. The summed E-state index contributed by atoms with van der Waals surface area (Å²) in [5.74, 6) is -3.04. The van der Waals surface area contributed by atoms with Crippen LogP contribution in [0.4, 0.5) is 13.2 Å². The fourth-order valence-electron chi connectivity index (χ4n) is 2.02. The molecule has 1 saturated heterocycles. The van der Waals surface area contributed by atoms with E-state index in [2.05, 4.69) is 0 Å². The molecule has 1 aliphatic rings. The molecule has 0 amide bonds. The van der Waals surface area contributed by atoms with Crippen LogP contribution in [0.2, 0.25) is 0 Å². The Morgan fingerprint density at radius 3 is 2.50 bits per heavy atom. The van der Waals surface area contributed by atoms with Crippen LogP contribution in [0.3, 0.4) is 0 Å². The molecule has 0 atom stereocenters. The van der Waals surface area contributed by atoms with Crippen molar-refractivity contribution in [3.05, 3.63) is 35.1 Å². The molecule has 5 heteroatoms. The van der Waals surface area contributed by atoms with Crippen LogP contribution in [0.25, 0.3) is 0 Å². The molecule has 0 aliphatic carbocycles. The van der Waals surface area contributed by atoms with Crippen molar-refractivity contribution in [1.82, 2.24) is 4.90 Å². The van der Waals surface area contributed by atoms with E-state index >= 15 is 0 Å². The molecule has 2 rings (SSSR count). The number of nitrogens with zero attached hydrogens (tertiary/aromatic N) is 2. The first-order chi connectivity index (χ1) is 8.50. The Morgan fingerprint density at radius 1 is 1.28 bits per heavy atom. The SMILES string of the molecule is N#Cc1ccc(CN2CCC(F)(F)CC2)c(F)c1. The van der Waals surface area contributed by atoms with E-state index in [1.54, 1.807) is 6.07 Å². The second-order valence-electron chi connectivity index (χ2n) is 4.55. The number of benzene rings is 1. The third-order valence-corrected chi connectivity index (χ3v) is 3.16. The predicted molar refractivity (Wildman–Crippen MR) is 60.6 cm³/mol. The fourth-order valence-corrected chi connectivity index (χ4v) is 2.02. The van der Waals surface area contributed by atoms with Crippen molar-refractivity contribution in [2.75, 3.05) is 13.1 Å². The van der Waals surface area contributed by atoms with Gasteiger partial charge in [-0.15, -0.1) is 0 Å². The van der Waals surface area contributed by atoms with E-state index in [-0.39, 0.29) is 31.5 Å². The monoisotopic (exact) mass is 254 g/mol. The van der Waals surface area contributed by atoms with Crippen molar-refractivity contribution in [2.24, 2.45) is 0 Å². The molecule has 1 aliphatic heterocycles. The average molecular weight is 254 g/mol. The molecular formula is C13H13F3N2. The summed E-state index contributed by atoms with van der Waals surface area (Å²) < 4.78 is 39.5. The van der Waals surface area contributed by atoms with Gasteiger partial charge >= 0.3 is 0 Å². The Morgan fingerprint density at radius 2 is 1.94 bits per heavy atom. The molecular weight excluding hydrogens is 241 g/mol. The summed E-state index contributed by atoms with van der Waals surface area (Å²) >= 11 is 0. The highest BCUT2D eigenvalue weighted by Gasteiger charge is 2.33. The van der Waals surface area contributed by atoms with Gasteiger partial charge in [0.15, 0.2) is 0 Å². The third-order valence-electron chi connectivity index (χ3n) is 3.16. The van der Waals surface area contributed by atoms with Crippen LogP contribution < -0.4 is 0 Å². The summed E-state index contributed by atoms with van der Waals surface area (Å²) in [4.78, 5) is 1.81. The highest BCUT2D eigenvalue weighted by molar-refractivity contribution is 5.32. The van der Waals surface area contributed by atoms with Gasteiger partial charge in [-0.05, 0) is 12.1 Å². The van der Waals surface area contributed by atoms with Crippen LogP contribution in [0.15, 0.2) is 18.2 Å². The van der Waals surface area contributed by atoms with E-state index in [1.807, 2.05) is 11.0 Å². The number of likely N-dealkylation sites (tertiary alicyclic amines) is 1. The lowest BCUT2D eigenvalue weighted by Crippen LogP contribution is -2.38. The number of rotatable bonds is 2. The zero-order chi connectivity index (χ0) is 13.2. The molecule has 0 radical (unpaired) electrons. The normalized spacial score (nSPS) is 19.4. The molecule has 18 heavy (non-hydrogen) atoms. The summed E-state index contributed by atoms with van der Waals surface area (Å²) in [5, 5.41) is 8.62. The van der Waals surface area contributed by atoms with Crippen LogP contribution >= 0.6 is 0 Å². The van der Waals surface area contributed by atoms with E-state index in [9.17, 15) is 13.2 Å². The molecule has 0 saturated carbocycles. The topological polar surface area (TPSA) is 27.0 Å². The van der Waals surface area contributed by atoms with E-state index in [0.29, 0.717) is 12.1 Å². The van der Waals surface area contributed by atoms with Gasteiger partial charge in [-0.1, -0.05) is 6.07 Å². The minimum Gasteiger partial charge on any atom is -0.299 e. The van der Waals surface area contributed by atoms with E-state index in [1.165, 1.54) is 12.1 Å². The van der Waals surface area contributed by atoms with E-state index < -0.39 is 11.7 Å². The Balaban J connectivity index is 2.01. The van der Waals surface area contributed by atoms with Gasteiger partial charge in [-0.25, -0.2) is 13.2 Å². The summed E-state index contributed by atoms with van der Waals surface area (Å²) in [6, 6.07) is 6.11. The maximum Gasteiger partial charge on any atom is 0.250 e. The van der Waals surface area contributed by atoms with Gasteiger partial charge in [0.25, 0.3) is 5.92 Å². The number of nitriles is 1. The molecule has 0 aromatic heterocycles. The fraction of sp³-hybridized carbons (Fsp3) is 0.462. The predicted octanol–water partition coefficient (Wildman–Crippen LogP) is 2.93. The van der Waals surface area contributed by atoms with E-state index in [4.69, 9.17) is 5.26 Å². The first kappa shape index (κ1) is 12.9. The van der Waals surface area contributed by atoms with Crippen LogP contribution in [0, 0.1) is 17.1 Å². The smallest absolute Gasteiger partial charge is 0.250 e. The number of piperidine rings is 1. The minimum absolute atomic E-state index is 0.176. The van der Waals surface area contributed by atoms with Gasteiger partial charge in [0, 0.05) is 38.0 Å². The van der Waals surface area contributed by atoms with Gasteiger partial charge in [0.1, 0.15) is 5.82 Å². The summed E-state index contributed by atoms with van der Waals surface area (Å²) in [6.45, 7) is 0.854. The molecule has 0 unspecified atom stereocenters. The third kappa shape index (κ3) is 3.02. The molecule has 0 spiro atoms. The number of hydrogen-bond donors (Lipinski definition) is 0. The number of alkyl halides is 2. The molecule has 1 aromatic carbocycles. The van der Waals surface area contributed by atoms with Crippen molar-refractivity contribution in [3.8, 4) is 6.07 Å². The second-order valence-corrected chi connectivity index (χ2v) is 4.55. The maximum absolute atomic E-state index is 13.6. The van der Waals surface area contributed by atoms with Gasteiger partial charge < -0.3 is 0 Å². The summed E-state index contributed by atoms with van der Waals surface area (Å²) in [5.41, 5.74) is 0.709. The molecule has 1 heterocycles. The molecule has 0 bridgehead atoms. The molecule has 1 fully saturated rings. The molecule has 1 aromatic rings. The van der Waals surface area contributed by atoms with Crippen molar-refractivity contribution in [1.29, 1.82) is 5.26 Å². The highest BCUT2D eigenvalue weighted by atomic mass is 19.3.